The van der Waals surface area contributed by atoms with Crippen molar-refractivity contribution in [3.05, 3.63) is 59.2 Å². The minimum absolute atomic E-state index is 0.170. The van der Waals surface area contributed by atoms with Gasteiger partial charge in [-0.25, -0.2) is 4.79 Å². The molecule has 0 spiro atoms. The molecule has 2 fully saturated rings. The van der Waals surface area contributed by atoms with Crippen molar-refractivity contribution >= 4 is 23.3 Å². The lowest BCUT2D eigenvalue weighted by atomic mass is 9.94. The number of rotatable bonds is 5. The quantitative estimate of drug-likeness (QED) is 0.749. The molecule has 4 rings (SSSR count). The van der Waals surface area contributed by atoms with Crippen LogP contribution in [0.4, 0.5) is 11.4 Å². The van der Waals surface area contributed by atoms with Crippen LogP contribution in [0.3, 0.4) is 0 Å². The maximum atomic E-state index is 12.8. The third kappa shape index (κ3) is 5.07. The van der Waals surface area contributed by atoms with Crippen LogP contribution in [0.25, 0.3) is 0 Å². The number of hydrogen-bond donors (Lipinski definition) is 2. The summed E-state index contributed by atoms with van der Waals surface area (Å²) in [5, 5.41) is 12.4. The van der Waals surface area contributed by atoms with Gasteiger partial charge in [-0.05, 0) is 50.1 Å². The summed E-state index contributed by atoms with van der Waals surface area (Å²) in [4.78, 5) is 29.2. The van der Waals surface area contributed by atoms with Crippen molar-refractivity contribution in [3.63, 3.8) is 0 Å². The van der Waals surface area contributed by atoms with Gasteiger partial charge in [0.25, 0.3) is 5.91 Å². The predicted octanol–water partition coefficient (Wildman–Crippen LogP) is 4.40. The Hall–Kier alpha value is -2.86. The van der Waals surface area contributed by atoms with E-state index in [1.807, 2.05) is 25.1 Å². The number of carbonyl (C=O) groups is 2. The van der Waals surface area contributed by atoms with Crippen LogP contribution in [0.1, 0.15) is 58.4 Å². The first-order chi connectivity index (χ1) is 15.0. The SMILES string of the molecule is Cc1ccc(C(=O)Nc2cc(C(=O)O)ccc2N2CCN(C3CCCCC3)CC2)cc1. The lowest BCUT2D eigenvalue weighted by molar-refractivity contribution is 0.0696. The summed E-state index contributed by atoms with van der Waals surface area (Å²) < 4.78 is 0. The molecular formula is C25H31N3O3. The zero-order chi connectivity index (χ0) is 21.8. The van der Waals surface area contributed by atoms with Crippen LogP contribution in [0.2, 0.25) is 0 Å². The average Bonchev–Trinajstić information content (AvgIpc) is 2.80. The van der Waals surface area contributed by atoms with Gasteiger partial charge in [-0.15, -0.1) is 0 Å². The summed E-state index contributed by atoms with van der Waals surface area (Å²) in [6.45, 7) is 5.71. The molecule has 0 bridgehead atoms. The van der Waals surface area contributed by atoms with Gasteiger partial charge in [0.05, 0.1) is 16.9 Å². The van der Waals surface area contributed by atoms with E-state index in [4.69, 9.17) is 0 Å². The van der Waals surface area contributed by atoms with E-state index in [1.165, 1.54) is 32.1 Å². The fraction of sp³-hybridized carbons (Fsp3) is 0.440. The van der Waals surface area contributed by atoms with E-state index in [1.54, 1.807) is 24.3 Å². The van der Waals surface area contributed by atoms with Crippen LogP contribution in [0.5, 0.6) is 0 Å². The smallest absolute Gasteiger partial charge is 0.335 e. The largest absolute Gasteiger partial charge is 0.478 e. The van der Waals surface area contributed by atoms with Crippen molar-refractivity contribution in [2.24, 2.45) is 0 Å². The van der Waals surface area contributed by atoms with Crippen LogP contribution in [0, 0.1) is 6.92 Å². The Morgan fingerprint density at radius 3 is 2.19 bits per heavy atom. The Morgan fingerprint density at radius 1 is 0.903 bits per heavy atom. The molecule has 2 aliphatic rings. The molecule has 0 unspecified atom stereocenters. The van der Waals surface area contributed by atoms with E-state index in [0.717, 1.165) is 37.4 Å². The van der Waals surface area contributed by atoms with Crippen molar-refractivity contribution in [2.75, 3.05) is 36.4 Å². The number of amides is 1. The highest BCUT2D eigenvalue weighted by atomic mass is 16.4. The number of benzene rings is 2. The zero-order valence-corrected chi connectivity index (χ0v) is 18.1. The fourth-order valence-corrected chi connectivity index (χ4v) is 4.72. The molecule has 2 aromatic carbocycles. The van der Waals surface area contributed by atoms with Gasteiger partial charge in [0.2, 0.25) is 0 Å². The van der Waals surface area contributed by atoms with Crippen LogP contribution >= 0.6 is 0 Å². The van der Waals surface area contributed by atoms with Crippen LogP contribution in [0.15, 0.2) is 42.5 Å². The van der Waals surface area contributed by atoms with Crippen molar-refractivity contribution in [1.82, 2.24) is 4.90 Å². The van der Waals surface area contributed by atoms with Crippen LogP contribution < -0.4 is 10.2 Å². The van der Waals surface area contributed by atoms with Gasteiger partial charge in [0.15, 0.2) is 0 Å². The maximum absolute atomic E-state index is 12.8. The lowest BCUT2D eigenvalue weighted by Crippen LogP contribution is -2.51. The number of aromatic carboxylic acids is 1. The fourth-order valence-electron chi connectivity index (χ4n) is 4.72. The molecule has 1 heterocycles. The van der Waals surface area contributed by atoms with E-state index in [0.29, 0.717) is 17.3 Å². The number of aryl methyl sites for hydroxylation is 1. The Morgan fingerprint density at radius 2 is 1.55 bits per heavy atom. The number of piperazine rings is 1. The first-order valence-electron chi connectivity index (χ1n) is 11.3. The molecular weight excluding hydrogens is 390 g/mol. The highest BCUT2D eigenvalue weighted by Gasteiger charge is 2.26. The van der Waals surface area contributed by atoms with Gasteiger partial charge in [0, 0.05) is 37.8 Å². The molecule has 0 atom stereocenters. The molecule has 1 aliphatic heterocycles. The third-order valence-electron chi connectivity index (χ3n) is 6.55. The Balaban J connectivity index is 1.51. The summed E-state index contributed by atoms with van der Waals surface area (Å²) >= 11 is 0. The summed E-state index contributed by atoms with van der Waals surface area (Å²) in [5.74, 6) is -1.23. The number of carboxylic acids is 1. The molecule has 1 amide bonds. The molecule has 1 saturated heterocycles. The van der Waals surface area contributed by atoms with Gasteiger partial charge in [-0.1, -0.05) is 37.0 Å². The summed E-state index contributed by atoms with van der Waals surface area (Å²) in [7, 11) is 0. The van der Waals surface area contributed by atoms with E-state index >= 15 is 0 Å². The minimum Gasteiger partial charge on any atom is -0.478 e. The Labute approximate surface area is 183 Å². The van der Waals surface area contributed by atoms with Crippen molar-refractivity contribution < 1.29 is 14.7 Å². The molecule has 1 aliphatic carbocycles. The summed E-state index contributed by atoms with van der Waals surface area (Å²) in [6.07, 6.45) is 6.61. The van der Waals surface area contributed by atoms with Crippen LogP contribution in [-0.2, 0) is 0 Å². The standard InChI is InChI=1S/C25H31N3O3/c1-18-7-9-19(10-8-18)24(29)26-22-17-20(25(30)31)11-12-23(22)28-15-13-27(14-16-28)21-5-3-2-4-6-21/h7-12,17,21H,2-6,13-16H2,1H3,(H,26,29)(H,30,31). The van der Waals surface area contributed by atoms with E-state index in [2.05, 4.69) is 15.1 Å². The molecule has 1 saturated carbocycles. The lowest BCUT2D eigenvalue weighted by Gasteiger charge is -2.42. The topological polar surface area (TPSA) is 72.9 Å². The molecule has 2 N–H and O–H groups in total. The van der Waals surface area contributed by atoms with Crippen LogP contribution in [-0.4, -0.2) is 54.1 Å². The van der Waals surface area contributed by atoms with Crippen molar-refractivity contribution in [1.29, 1.82) is 0 Å². The van der Waals surface area contributed by atoms with Gasteiger partial charge < -0.3 is 15.3 Å². The zero-order valence-electron chi connectivity index (χ0n) is 18.1. The molecule has 0 radical (unpaired) electrons. The highest BCUT2D eigenvalue weighted by molar-refractivity contribution is 6.06. The molecule has 2 aromatic rings. The summed E-state index contributed by atoms with van der Waals surface area (Å²) in [5.41, 5.74) is 3.24. The molecule has 6 heteroatoms. The second kappa shape index (κ2) is 9.52. The van der Waals surface area contributed by atoms with Gasteiger partial charge in [0.1, 0.15) is 0 Å². The predicted molar refractivity (Wildman–Crippen MR) is 123 cm³/mol. The number of carboxylic acid groups (broad SMARTS) is 1. The minimum atomic E-state index is -1.00. The first-order valence-corrected chi connectivity index (χ1v) is 11.3. The van der Waals surface area contributed by atoms with E-state index in [9.17, 15) is 14.7 Å². The number of nitrogens with one attached hydrogen (secondary N) is 1. The average molecular weight is 422 g/mol. The molecule has 164 valence electrons. The second-order valence-electron chi connectivity index (χ2n) is 8.67. The third-order valence-corrected chi connectivity index (χ3v) is 6.55. The van der Waals surface area contributed by atoms with Gasteiger partial charge in [-0.3, -0.25) is 9.69 Å². The van der Waals surface area contributed by atoms with E-state index in [-0.39, 0.29) is 11.5 Å². The highest BCUT2D eigenvalue weighted by Crippen LogP contribution is 2.30. The second-order valence-corrected chi connectivity index (χ2v) is 8.67. The summed E-state index contributed by atoms with van der Waals surface area (Å²) in [6, 6.07) is 13.1. The molecule has 31 heavy (non-hydrogen) atoms. The number of anilines is 2. The number of hydrogen-bond acceptors (Lipinski definition) is 4. The molecule has 0 aromatic heterocycles. The monoisotopic (exact) mass is 421 g/mol. The Kier molecular flexibility index (Phi) is 6.56. The van der Waals surface area contributed by atoms with Crippen molar-refractivity contribution in [2.45, 2.75) is 45.1 Å². The number of nitrogens with zero attached hydrogens (tertiary/aromatic N) is 2. The number of carbonyl (C=O) groups excluding carboxylic acids is 1. The Bertz CT molecular complexity index is 928. The first kappa shape index (κ1) is 21.4. The van der Waals surface area contributed by atoms with Gasteiger partial charge >= 0.3 is 5.97 Å². The van der Waals surface area contributed by atoms with Gasteiger partial charge in [-0.2, -0.15) is 0 Å². The van der Waals surface area contributed by atoms with Crippen molar-refractivity contribution in [3.8, 4) is 0 Å². The van der Waals surface area contributed by atoms with E-state index < -0.39 is 5.97 Å². The normalized spacial score (nSPS) is 18.0. The maximum Gasteiger partial charge on any atom is 0.335 e. The molecule has 6 nitrogen and oxygen atoms in total.